The zero-order chi connectivity index (χ0) is 15.7. The van der Waals surface area contributed by atoms with Gasteiger partial charge in [-0.2, -0.15) is 0 Å². The Morgan fingerprint density at radius 3 is 2.71 bits per heavy atom. The smallest absolute Gasteiger partial charge is 0.257 e. The summed E-state index contributed by atoms with van der Waals surface area (Å²) in [7, 11) is 3.05. The first kappa shape index (κ1) is 16.9. The number of carbonyl (C=O) groups excluding carboxylic acids is 2. The second-order valence-corrected chi connectivity index (χ2v) is 4.34. The van der Waals surface area contributed by atoms with E-state index in [2.05, 4.69) is 10.6 Å². The Bertz CT molecular complexity index is 475. The van der Waals surface area contributed by atoms with Gasteiger partial charge < -0.3 is 25.8 Å². The molecule has 1 atom stereocenters. The maximum absolute atomic E-state index is 11.8. The first-order valence-corrected chi connectivity index (χ1v) is 6.55. The Kier molecular flexibility index (Phi) is 7.20. The minimum Gasteiger partial charge on any atom is -0.484 e. The van der Waals surface area contributed by atoms with E-state index in [1.54, 1.807) is 24.3 Å². The van der Waals surface area contributed by atoms with E-state index in [9.17, 15) is 9.59 Å². The van der Waals surface area contributed by atoms with Crippen molar-refractivity contribution >= 4 is 17.5 Å². The van der Waals surface area contributed by atoms with Crippen LogP contribution in [0, 0.1) is 0 Å². The molecule has 4 N–H and O–H groups in total. The average molecular weight is 295 g/mol. The monoisotopic (exact) mass is 295 g/mol. The number of methoxy groups -OCH3 is 1. The van der Waals surface area contributed by atoms with Gasteiger partial charge in [-0.05, 0) is 12.1 Å². The number of benzene rings is 1. The van der Waals surface area contributed by atoms with Crippen LogP contribution >= 0.6 is 0 Å². The Morgan fingerprint density at radius 2 is 2.10 bits per heavy atom. The molecular weight excluding hydrogens is 274 g/mol. The van der Waals surface area contributed by atoms with Gasteiger partial charge in [0.1, 0.15) is 5.75 Å². The number of nitrogens with two attached hydrogens (primary N) is 1. The van der Waals surface area contributed by atoms with Gasteiger partial charge in [0.15, 0.2) is 6.61 Å². The third-order valence-electron chi connectivity index (χ3n) is 2.78. The van der Waals surface area contributed by atoms with E-state index in [4.69, 9.17) is 15.2 Å². The summed E-state index contributed by atoms with van der Waals surface area (Å²) < 4.78 is 10.4. The number of carbonyl (C=O) groups is 2. The first-order chi connectivity index (χ1) is 10.1. The van der Waals surface area contributed by atoms with Crippen molar-refractivity contribution in [1.29, 1.82) is 0 Å². The number of likely N-dealkylation sites (N-methyl/N-ethyl adjacent to an activating group) is 1. The molecule has 7 nitrogen and oxygen atoms in total. The summed E-state index contributed by atoms with van der Waals surface area (Å²) in [6, 6.07) is 6.81. The lowest BCUT2D eigenvalue weighted by molar-refractivity contribution is -0.122. The highest BCUT2D eigenvalue weighted by Crippen LogP contribution is 2.17. The van der Waals surface area contributed by atoms with Crippen LogP contribution in [0.15, 0.2) is 24.3 Å². The molecule has 0 aliphatic heterocycles. The van der Waals surface area contributed by atoms with Crippen LogP contribution in [-0.4, -0.2) is 45.2 Å². The number of amides is 2. The number of nitrogens with one attached hydrogen (secondary N) is 2. The maximum Gasteiger partial charge on any atom is 0.257 e. The van der Waals surface area contributed by atoms with E-state index < -0.39 is 0 Å². The lowest BCUT2D eigenvalue weighted by Crippen LogP contribution is -2.28. The van der Waals surface area contributed by atoms with Crippen LogP contribution in [0.3, 0.4) is 0 Å². The van der Waals surface area contributed by atoms with E-state index in [1.165, 1.54) is 14.2 Å². The highest BCUT2D eigenvalue weighted by Gasteiger charge is 2.11. The van der Waals surface area contributed by atoms with Crippen LogP contribution in [0.5, 0.6) is 5.75 Å². The molecule has 0 saturated carbocycles. The van der Waals surface area contributed by atoms with E-state index >= 15 is 0 Å². The first-order valence-electron chi connectivity index (χ1n) is 6.55. The van der Waals surface area contributed by atoms with Crippen molar-refractivity contribution in [3.8, 4) is 5.75 Å². The van der Waals surface area contributed by atoms with Gasteiger partial charge in [0, 0.05) is 32.5 Å². The molecule has 0 saturated heterocycles. The normalized spacial score (nSPS) is 11.6. The van der Waals surface area contributed by atoms with Gasteiger partial charge >= 0.3 is 0 Å². The van der Waals surface area contributed by atoms with Gasteiger partial charge in [0.2, 0.25) is 5.91 Å². The minimum atomic E-state index is -0.308. The lowest BCUT2D eigenvalue weighted by atomic mass is 10.2. The van der Waals surface area contributed by atoms with Crippen molar-refractivity contribution < 1.29 is 19.1 Å². The number of hydrogen-bond acceptors (Lipinski definition) is 5. The highest BCUT2D eigenvalue weighted by molar-refractivity contribution is 5.91. The van der Waals surface area contributed by atoms with Gasteiger partial charge in [-0.15, -0.1) is 0 Å². The molecule has 1 aromatic carbocycles. The van der Waals surface area contributed by atoms with Gasteiger partial charge in [0.05, 0.1) is 12.5 Å². The molecule has 0 heterocycles. The number of ether oxygens (including phenoxy) is 2. The molecule has 0 aliphatic rings. The molecule has 0 radical (unpaired) electrons. The zero-order valence-electron chi connectivity index (χ0n) is 12.2. The molecule has 116 valence electrons. The second kappa shape index (κ2) is 8.93. The predicted molar refractivity (Wildman–Crippen MR) is 79.1 cm³/mol. The van der Waals surface area contributed by atoms with Crippen LogP contribution < -0.4 is 21.1 Å². The highest BCUT2D eigenvalue weighted by atomic mass is 16.5. The molecule has 1 aromatic rings. The minimum absolute atomic E-state index is 0.0766. The summed E-state index contributed by atoms with van der Waals surface area (Å²) in [6.45, 7) is 0.200. The topological polar surface area (TPSA) is 103 Å². The fourth-order valence-electron chi connectivity index (χ4n) is 1.57. The molecule has 1 unspecified atom stereocenters. The average Bonchev–Trinajstić information content (AvgIpc) is 2.50. The SMILES string of the molecule is CNC(=O)COc1cccc(NC(=O)CC(CN)OC)c1. The van der Waals surface area contributed by atoms with Gasteiger partial charge in [0.25, 0.3) is 5.91 Å². The van der Waals surface area contributed by atoms with Gasteiger partial charge in [-0.3, -0.25) is 9.59 Å². The zero-order valence-corrected chi connectivity index (χ0v) is 12.2. The van der Waals surface area contributed by atoms with Crippen LogP contribution in [0.4, 0.5) is 5.69 Å². The van der Waals surface area contributed by atoms with Crippen molar-refractivity contribution in [2.24, 2.45) is 5.73 Å². The van der Waals surface area contributed by atoms with Crippen LogP contribution in [-0.2, 0) is 14.3 Å². The Labute approximate surface area is 123 Å². The molecule has 21 heavy (non-hydrogen) atoms. The van der Waals surface area contributed by atoms with Gasteiger partial charge in [-0.25, -0.2) is 0 Å². The molecular formula is C14H21N3O4. The summed E-state index contributed by atoms with van der Waals surface area (Å²) in [5, 5.41) is 5.19. The third-order valence-corrected chi connectivity index (χ3v) is 2.78. The Morgan fingerprint density at radius 1 is 1.33 bits per heavy atom. The number of rotatable bonds is 8. The van der Waals surface area contributed by atoms with E-state index in [1.807, 2.05) is 0 Å². The van der Waals surface area contributed by atoms with Crippen molar-refractivity contribution in [2.75, 3.05) is 32.6 Å². The van der Waals surface area contributed by atoms with Crippen molar-refractivity contribution in [3.05, 3.63) is 24.3 Å². The van der Waals surface area contributed by atoms with Crippen LogP contribution in [0.25, 0.3) is 0 Å². The van der Waals surface area contributed by atoms with Gasteiger partial charge in [-0.1, -0.05) is 6.07 Å². The molecule has 0 aliphatic carbocycles. The molecule has 0 bridgehead atoms. The fraction of sp³-hybridized carbons (Fsp3) is 0.429. The van der Waals surface area contributed by atoms with Crippen molar-refractivity contribution in [1.82, 2.24) is 5.32 Å². The third kappa shape index (κ3) is 6.24. The number of hydrogen-bond donors (Lipinski definition) is 3. The van der Waals surface area contributed by atoms with E-state index in [0.717, 1.165) is 0 Å². The van der Waals surface area contributed by atoms with Crippen molar-refractivity contribution in [3.63, 3.8) is 0 Å². The summed E-state index contributed by atoms with van der Waals surface area (Å²) >= 11 is 0. The predicted octanol–water partition coefficient (Wildman–Crippen LogP) is 0.114. The molecule has 2 amide bonds. The van der Waals surface area contributed by atoms with E-state index in [-0.39, 0.29) is 37.5 Å². The molecule has 0 aromatic heterocycles. The Balaban J connectivity index is 2.55. The molecule has 0 spiro atoms. The molecule has 0 fully saturated rings. The summed E-state index contributed by atoms with van der Waals surface area (Å²) in [5.41, 5.74) is 6.05. The largest absolute Gasteiger partial charge is 0.484 e. The van der Waals surface area contributed by atoms with Crippen LogP contribution in [0.2, 0.25) is 0 Å². The molecule has 1 rings (SSSR count). The lowest BCUT2D eigenvalue weighted by Gasteiger charge is -2.13. The van der Waals surface area contributed by atoms with E-state index in [0.29, 0.717) is 11.4 Å². The quantitative estimate of drug-likeness (QED) is 0.632. The Hall–Kier alpha value is -2.12. The number of anilines is 1. The fourth-order valence-corrected chi connectivity index (χ4v) is 1.57. The summed E-state index contributed by atoms with van der Waals surface area (Å²) in [4.78, 5) is 22.9. The van der Waals surface area contributed by atoms with Crippen LogP contribution in [0.1, 0.15) is 6.42 Å². The summed E-state index contributed by atoms with van der Waals surface area (Å²) in [6.07, 6.45) is -0.131. The standard InChI is InChI=1S/C14H21N3O4/c1-16-14(19)9-21-11-5-3-4-10(6-11)17-13(18)7-12(8-15)20-2/h3-6,12H,7-9,15H2,1-2H3,(H,16,19)(H,17,18). The summed E-state index contributed by atoms with van der Waals surface area (Å²) in [5.74, 6) is 0.0737. The molecule has 7 heteroatoms. The second-order valence-electron chi connectivity index (χ2n) is 4.34. The maximum atomic E-state index is 11.8. The van der Waals surface area contributed by atoms with Crippen molar-refractivity contribution in [2.45, 2.75) is 12.5 Å².